The van der Waals surface area contributed by atoms with Crippen LogP contribution in [-0.4, -0.2) is 6.61 Å². The van der Waals surface area contributed by atoms with Gasteiger partial charge in [0.2, 0.25) is 0 Å². The number of halogens is 2. The first kappa shape index (κ1) is 25.8. The van der Waals surface area contributed by atoms with E-state index in [9.17, 15) is 0 Å². The molecule has 0 saturated heterocycles. The molecule has 2 aromatic carbocycles. The van der Waals surface area contributed by atoms with E-state index in [0.29, 0.717) is 0 Å². The van der Waals surface area contributed by atoms with Gasteiger partial charge in [-0.3, -0.25) is 0 Å². The fourth-order valence-corrected chi connectivity index (χ4v) is 6.23. The number of hydrogen-bond donors (Lipinski definition) is 0. The Morgan fingerprint density at radius 3 is 2.06 bits per heavy atom. The monoisotopic (exact) mass is 562 g/mol. The second kappa shape index (κ2) is 13.8. The summed E-state index contributed by atoms with van der Waals surface area (Å²) in [6, 6.07) is 13.6. The van der Waals surface area contributed by atoms with Crippen LogP contribution in [0.5, 0.6) is 5.75 Å². The van der Waals surface area contributed by atoms with Gasteiger partial charge in [0.15, 0.2) is 0 Å². The second-order valence-corrected chi connectivity index (χ2v) is 11.2. The molecule has 1 nitrogen and oxygen atoms in total. The van der Waals surface area contributed by atoms with E-state index in [1.165, 1.54) is 72.5 Å². The Bertz CT molecular complexity index is 824. The third-order valence-corrected chi connectivity index (χ3v) is 8.33. The SMILES string of the molecule is CCCCC[C@H]1CC[C@H](c2ccc(CCc3ccc(OCCCC)c(Br)c3)cc2Br)CC1. The van der Waals surface area contributed by atoms with Crippen LogP contribution in [0.25, 0.3) is 0 Å². The molecule has 0 amide bonds. The van der Waals surface area contributed by atoms with Crippen LogP contribution >= 0.6 is 31.9 Å². The van der Waals surface area contributed by atoms with Gasteiger partial charge in [-0.05, 0) is 108 Å². The smallest absolute Gasteiger partial charge is 0.133 e. The molecule has 0 N–H and O–H groups in total. The predicted octanol–water partition coefficient (Wildman–Crippen LogP) is 10.0. The number of hydrogen-bond acceptors (Lipinski definition) is 1. The molecule has 0 aliphatic heterocycles. The lowest BCUT2D eigenvalue weighted by atomic mass is 9.77. The molecule has 3 rings (SSSR count). The van der Waals surface area contributed by atoms with Gasteiger partial charge in [-0.1, -0.05) is 80.1 Å². The Hall–Kier alpha value is -0.800. The molecule has 2 aromatic rings. The van der Waals surface area contributed by atoms with Gasteiger partial charge in [0, 0.05) is 4.47 Å². The fourth-order valence-electron chi connectivity index (χ4n) is 4.93. The topological polar surface area (TPSA) is 9.23 Å². The van der Waals surface area contributed by atoms with Gasteiger partial charge in [-0.2, -0.15) is 0 Å². The number of unbranched alkanes of at least 4 members (excludes halogenated alkanes) is 3. The van der Waals surface area contributed by atoms with Crippen LogP contribution in [-0.2, 0) is 12.8 Å². The molecular formula is C29H40Br2O. The molecular weight excluding hydrogens is 524 g/mol. The maximum absolute atomic E-state index is 5.86. The largest absolute Gasteiger partial charge is 0.492 e. The van der Waals surface area contributed by atoms with Gasteiger partial charge in [-0.25, -0.2) is 0 Å². The zero-order chi connectivity index (χ0) is 22.8. The number of ether oxygens (including phenoxy) is 1. The van der Waals surface area contributed by atoms with Crippen molar-refractivity contribution in [3.05, 3.63) is 62.0 Å². The minimum Gasteiger partial charge on any atom is -0.492 e. The first-order valence-corrected chi connectivity index (χ1v) is 14.4. The van der Waals surface area contributed by atoms with Crippen molar-refractivity contribution in [2.24, 2.45) is 5.92 Å². The summed E-state index contributed by atoms with van der Waals surface area (Å²) in [6.07, 6.45) is 15.5. The van der Waals surface area contributed by atoms with Gasteiger partial charge in [0.05, 0.1) is 11.1 Å². The van der Waals surface area contributed by atoms with Crippen LogP contribution in [0.4, 0.5) is 0 Å². The van der Waals surface area contributed by atoms with Crippen molar-refractivity contribution >= 4 is 31.9 Å². The molecule has 0 bridgehead atoms. The van der Waals surface area contributed by atoms with Crippen molar-refractivity contribution in [3.8, 4) is 5.75 Å². The van der Waals surface area contributed by atoms with Crippen molar-refractivity contribution in [1.29, 1.82) is 0 Å². The lowest BCUT2D eigenvalue weighted by molar-refractivity contribution is 0.302. The summed E-state index contributed by atoms with van der Waals surface area (Å²) in [4.78, 5) is 0. The molecule has 3 heteroatoms. The molecule has 1 saturated carbocycles. The number of rotatable bonds is 12. The summed E-state index contributed by atoms with van der Waals surface area (Å²) in [7, 11) is 0. The lowest BCUT2D eigenvalue weighted by Gasteiger charge is -2.29. The maximum Gasteiger partial charge on any atom is 0.133 e. The first-order chi connectivity index (χ1) is 15.6. The van der Waals surface area contributed by atoms with Crippen LogP contribution in [0.3, 0.4) is 0 Å². The Morgan fingerprint density at radius 1 is 0.781 bits per heavy atom. The first-order valence-electron chi connectivity index (χ1n) is 12.8. The fraction of sp³-hybridized carbons (Fsp3) is 0.586. The van der Waals surface area contributed by atoms with E-state index in [4.69, 9.17) is 4.74 Å². The van der Waals surface area contributed by atoms with E-state index in [0.717, 1.165) is 54.3 Å². The molecule has 32 heavy (non-hydrogen) atoms. The summed E-state index contributed by atoms with van der Waals surface area (Å²) in [5, 5.41) is 0. The van der Waals surface area contributed by atoms with Crippen molar-refractivity contribution in [3.63, 3.8) is 0 Å². The average Bonchev–Trinajstić information content (AvgIpc) is 2.80. The van der Waals surface area contributed by atoms with Crippen LogP contribution in [0.1, 0.15) is 101 Å². The van der Waals surface area contributed by atoms with Crippen molar-refractivity contribution in [2.45, 2.75) is 96.8 Å². The van der Waals surface area contributed by atoms with Crippen LogP contribution in [0.15, 0.2) is 45.3 Å². The van der Waals surface area contributed by atoms with Crippen molar-refractivity contribution < 1.29 is 4.74 Å². The number of benzene rings is 2. The molecule has 1 aliphatic rings. The third kappa shape index (κ3) is 7.90. The summed E-state index contributed by atoms with van der Waals surface area (Å²) >= 11 is 7.58. The molecule has 176 valence electrons. The van der Waals surface area contributed by atoms with Crippen molar-refractivity contribution in [2.75, 3.05) is 6.61 Å². The lowest BCUT2D eigenvalue weighted by Crippen LogP contribution is -2.14. The van der Waals surface area contributed by atoms with Crippen LogP contribution in [0.2, 0.25) is 0 Å². The predicted molar refractivity (Wildman–Crippen MR) is 145 cm³/mol. The molecule has 0 aromatic heterocycles. The Kier molecular flexibility index (Phi) is 11.1. The average molecular weight is 564 g/mol. The molecule has 0 atom stereocenters. The molecule has 0 heterocycles. The van der Waals surface area contributed by atoms with Crippen LogP contribution < -0.4 is 4.74 Å². The van der Waals surface area contributed by atoms with E-state index in [1.807, 2.05) is 0 Å². The molecule has 0 unspecified atom stereocenters. The second-order valence-electron chi connectivity index (χ2n) is 9.54. The normalized spacial score (nSPS) is 18.6. The Morgan fingerprint density at radius 2 is 1.44 bits per heavy atom. The van der Waals surface area contributed by atoms with E-state index in [1.54, 1.807) is 0 Å². The highest BCUT2D eigenvalue weighted by Gasteiger charge is 2.23. The zero-order valence-corrected chi connectivity index (χ0v) is 23.1. The van der Waals surface area contributed by atoms with E-state index < -0.39 is 0 Å². The van der Waals surface area contributed by atoms with E-state index in [2.05, 4.69) is 82.1 Å². The van der Waals surface area contributed by atoms with Crippen LogP contribution in [0, 0.1) is 5.92 Å². The minimum absolute atomic E-state index is 0.733. The van der Waals surface area contributed by atoms with Crippen molar-refractivity contribution in [1.82, 2.24) is 0 Å². The highest BCUT2D eigenvalue weighted by atomic mass is 79.9. The summed E-state index contributed by atoms with van der Waals surface area (Å²) in [6.45, 7) is 5.28. The molecule has 0 radical (unpaired) electrons. The highest BCUT2D eigenvalue weighted by molar-refractivity contribution is 9.10. The standard InChI is InChI=1S/C29H40Br2O/c1-3-5-7-8-22-11-15-25(16-12-22)26-17-13-23(20-27(26)30)9-10-24-14-18-29(28(31)21-24)32-19-6-4-2/h13-14,17-18,20-22,25H,3-12,15-16,19H2,1-2H3/t22-,25-. The van der Waals surface area contributed by atoms with Gasteiger partial charge in [0.25, 0.3) is 0 Å². The Balaban J connectivity index is 1.50. The van der Waals surface area contributed by atoms with Gasteiger partial charge in [-0.15, -0.1) is 0 Å². The number of aryl methyl sites for hydroxylation is 2. The van der Waals surface area contributed by atoms with E-state index in [-0.39, 0.29) is 0 Å². The summed E-state index contributed by atoms with van der Waals surface area (Å²) in [5.74, 6) is 2.66. The summed E-state index contributed by atoms with van der Waals surface area (Å²) < 4.78 is 8.23. The maximum atomic E-state index is 5.86. The van der Waals surface area contributed by atoms with Gasteiger partial charge < -0.3 is 4.74 Å². The zero-order valence-electron chi connectivity index (χ0n) is 20.0. The van der Waals surface area contributed by atoms with E-state index >= 15 is 0 Å². The molecule has 0 spiro atoms. The van der Waals surface area contributed by atoms with Gasteiger partial charge in [0.1, 0.15) is 5.75 Å². The highest BCUT2D eigenvalue weighted by Crippen LogP contribution is 2.40. The molecule has 1 fully saturated rings. The quantitative estimate of drug-likeness (QED) is 0.233. The molecule has 1 aliphatic carbocycles. The summed E-state index contributed by atoms with van der Waals surface area (Å²) in [5.41, 5.74) is 4.28. The minimum atomic E-state index is 0.733. The Labute approximate surface area is 213 Å². The third-order valence-electron chi connectivity index (χ3n) is 7.02. The van der Waals surface area contributed by atoms with Gasteiger partial charge >= 0.3 is 0 Å².